The fourth-order valence-electron chi connectivity index (χ4n) is 2.18. The summed E-state index contributed by atoms with van der Waals surface area (Å²) in [6.45, 7) is 3.86. The first-order chi connectivity index (χ1) is 12.6. The van der Waals surface area contributed by atoms with E-state index >= 15 is 0 Å². The minimum atomic E-state index is -0.725. The van der Waals surface area contributed by atoms with E-state index in [0.717, 1.165) is 11.8 Å². The lowest BCUT2D eigenvalue weighted by atomic mass is 10.3. The van der Waals surface area contributed by atoms with Gasteiger partial charge in [-0.15, -0.1) is 0 Å². The van der Waals surface area contributed by atoms with Gasteiger partial charge in [0, 0.05) is 19.7 Å². The van der Waals surface area contributed by atoms with Crippen LogP contribution in [0.4, 0.5) is 5.69 Å². The van der Waals surface area contributed by atoms with Gasteiger partial charge in [0.05, 0.1) is 18.7 Å². The van der Waals surface area contributed by atoms with E-state index in [2.05, 4.69) is 6.58 Å². The van der Waals surface area contributed by atoms with Crippen molar-refractivity contribution in [2.24, 2.45) is 0 Å². The van der Waals surface area contributed by atoms with Crippen LogP contribution in [0.25, 0.3) is 0 Å². The van der Waals surface area contributed by atoms with Crippen LogP contribution in [-0.2, 0) is 23.8 Å². The summed E-state index contributed by atoms with van der Waals surface area (Å²) in [5.41, 5.74) is 0.739. The Hall–Kier alpha value is -3.31. The molecule has 0 unspecified atom stereocenters. The Morgan fingerprint density at radius 2 is 2.12 bits per heavy atom. The number of nitriles is 1. The third-order valence-electron chi connectivity index (χ3n) is 3.36. The van der Waals surface area contributed by atoms with Crippen LogP contribution >= 0.6 is 0 Å². The maximum atomic E-state index is 11.9. The first kappa shape index (κ1) is 19.0. The number of nitrogens with zero attached hydrogens (tertiary/aromatic N) is 2. The maximum absolute atomic E-state index is 11.9. The lowest BCUT2D eigenvalue weighted by Crippen LogP contribution is -2.26. The summed E-state index contributed by atoms with van der Waals surface area (Å²) in [5.74, 6) is -0.990. The Morgan fingerprint density at radius 3 is 2.81 bits per heavy atom. The topological polar surface area (TPSA) is 98.1 Å². The van der Waals surface area contributed by atoms with E-state index in [0.29, 0.717) is 18.9 Å². The molecule has 1 aliphatic heterocycles. The van der Waals surface area contributed by atoms with Gasteiger partial charge in [-0.3, -0.25) is 4.79 Å². The van der Waals surface area contributed by atoms with Crippen molar-refractivity contribution in [2.45, 2.75) is 6.42 Å². The Morgan fingerprint density at radius 1 is 1.35 bits per heavy atom. The fourth-order valence-corrected chi connectivity index (χ4v) is 2.18. The second-order valence-corrected chi connectivity index (χ2v) is 5.06. The quantitative estimate of drug-likeness (QED) is 0.301. The number of rotatable bonds is 8. The van der Waals surface area contributed by atoms with Crippen LogP contribution in [0.15, 0.2) is 48.6 Å². The summed E-state index contributed by atoms with van der Waals surface area (Å²) in [7, 11) is 1.56. The second-order valence-electron chi connectivity index (χ2n) is 5.06. The summed E-state index contributed by atoms with van der Waals surface area (Å²) >= 11 is 0. The van der Waals surface area contributed by atoms with Crippen molar-refractivity contribution in [2.75, 3.05) is 31.8 Å². The van der Waals surface area contributed by atoms with E-state index in [4.69, 9.17) is 18.9 Å². The molecular formula is C18H18N2O6. The van der Waals surface area contributed by atoms with Gasteiger partial charge >= 0.3 is 11.9 Å². The number of anilines is 1. The van der Waals surface area contributed by atoms with E-state index in [9.17, 15) is 14.9 Å². The highest BCUT2D eigenvalue weighted by Crippen LogP contribution is 2.39. The van der Waals surface area contributed by atoms with Crippen LogP contribution in [-0.4, -0.2) is 38.8 Å². The summed E-state index contributed by atoms with van der Waals surface area (Å²) < 4.78 is 20.6. The number of benzene rings is 1. The van der Waals surface area contributed by atoms with Crippen molar-refractivity contribution in [1.29, 1.82) is 5.26 Å². The molecule has 0 spiro atoms. The van der Waals surface area contributed by atoms with Gasteiger partial charge in [0.1, 0.15) is 12.7 Å². The van der Waals surface area contributed by atoms with Gasteiger partial charge in [-0.05, 0) is 12.1 Å². The zero-order valence-electron chi connectivity index (χ0n) is 14.3. The number of esters is 2. The molecule has 0 bridgehead atoms. The molecule has 0 aliphatic carbocycles. The Bertz CT molecular complexity index is 765. The normalized spacial score (nSPS) is 13.9. The molecule has 8 heteroatoms. The van der Waals surface area contributed by atoms with Crippen molar-refractivity contribution in [1.82, 2.24) is 0 Å². The van der Waals surface area contributed by atoms with E-state index in [1.165, 1.54) is 0 Å². The van der Waals surface area contributed by atoms with Crippen LogP contribution in [0.2, 0.25) is 0 Å². The van der Waals surface area contributed by atoms with Crippen molar-refractivity contribution < 1.29 is 28.5 Å². The summed E-state index contributed by atoms with van der Waals surface area (Å²) in [6, 6.07) is 9.02. The van der Waals surface area contributed by atoms with Crippen LogP contribution in [0, 0.1) is 11.3 Å². The molecular weight excluding hydrogens is 340 g/mol. The van der Waals surface area contributed by atoms with Crippen molar-refractivity contribution >= 4 is 17.6 Å². The van der Waals surface area contributed by atoms with E-state index in [1.807, 2.05) is 18.2 Å². The van der Waals surface area contributed by atoms with Crippen LogP contribution in [0.3, 0.4) is 0 Å². The van der Waals surface area contributed by atoms with Crippen molar-refractivity contribution in [3.8, 4) is 11.8 Å². The number of ether oxygens (including phenoxy) is 4. The Balaban J connectivity index is 2.13. The average molecular weight is 358 g/mol. The number of methoxy groups -OCH3 is 1. The molecule has 8 nitrogen and oxygen atoms in total. The standard InChI is InChI=1S/C18H18N2O6/c1-3-16(21)24-10-8-17(22)25-15(12-19)18-20(9-11-23-2)13-6-4-5-7-14(13)26-18/h3-7H,1,8-11H2,2H3/b18-15-. The van der Waals surface area contributed by atoms with Gasteiger partial charge < -0.3 is 23.8 Å². The highest BCUT2D eigenvalue weighted by atomic mass is 16.6. The van der Waals surface area contributed by atoms with Crippen molar-refractivity contribution in [3.63, 3.8) is 0 Å². The number of hydrogen-bond acceptors (Lipinski definition) is 8. The average Bonchev–Trinajstić information content (AvgIpc) is 3.02. The van der Waals surface area contributed by atoms with Gasteiger partial charge in [0.15, 0.2) is 5.75 Å². The van der Waals surface area contributed by atoms with Crippen LogP contribution in [0.1, 0.15) is 6.42 Å². The van der Waals surface area contributed by atoms with Gasteiger partial charge in [-0.1, -0.05) is 18.7 Å². The zero-order chi connectivity index (χ0) is 18.9. The lowest BCUT2D eigenvalue weighted by molar-refractivity contribution is -0.143. The molecule has 1 aromatic rings. The second kappa shape index (κ2) is 9.25. The molecule has 136 valence electrons. The fraction of sp³-hybridized carbons (Fsp3) is 0.278. The summed E-state index contributed by atoms with van der Waals surface area (Å²) in [6.07, 6.45) is 0.786. The molecule has 0 saturated heterocycles. The molecule has 26 heavy (non-hydrogen) atoms. The van der Waals surface area contributed by atoms with Crippen molar-refractivity contribution in [3.05, 3.63) is 48.6 Å². The molecule has 0 N–H and O–H groups in total. The molecule has 0 radical (unpaired) electrons. The van der Waals surface area contributed by atoms with Gasteiger partial charge in [-0.2, -0.15) is 5.26 Å². The predicted molar refractivity (Wildman–Crippen MR) is 90.8 cm³/mol. The minimum Gasteiger partial charge on any atom is -0.462 e. The third-order valence-corrected chi connectivity index (χ3v) is 3.36. The monoisotopic (exact) mass is 358 g/mol. The van der Waals surface area contributed by atoms with Crippen LogP contribution in [0.5, 0.6) is 5.75 Å². The highest BCUT2D eigenvalue weighted by Gasteiger charge is 2.30. The molecule has 0 fully saturated rings. The summed E-state index contributed by atoms with van der Waals surface area (Å²) in [5, 5.41) is 9.39. The molecule has 0 atom stereocenters. The highest BCUT2D eigenvalue weighted by molar-refractivity contribution is 5.81. The zero-order valence-corrected chi connectivity index (χ0v) is 14.3. The smallest absolute Gasteiger partial charge is 0.330 e. The SMILES string of the molecule is C=CC(=O)OCCC(=O)O/C(C#N)=C1\Oc2ccccc2N1CCOC. The first-order valence-corrected chi connectivity index (χ1v) is 7.78. The molecule has 0 amide bonds. The molecule has 1 aliphatic rings. The van der Waals surface area contributed by atoms with Crippen LogP contribution < -0.4 is 9.64 Å². The number of para-hydroxylation sites is 2. The largest absolute Gasteiger partial charge is 0.462 e. The molecule has 1 aromatic carbocycles. The Labute approximate surface area is 150 Å². The number of carbonyl (C=O) groups is 2. The number of fused-ring (bicyclic) bond motifs is 1. The van der Waals surface area contributed by atoms with Gasteiger partial charge in [0.2, 0.25) is 0 Å². The van der Waals surface area contributed by atoms with Gasteiger partial charge in [0.25, 0.3) is 11.6 Å². The maximum Gasteiger partial charge on any atom is 0.330 e. The van der Waals surface area contributed by atoms with E-state index in [-0.39, 0.29) is 24.7 Å². The predicted octanol–water partition coefficient (Wildman–Crippen LogP) is 1.89. The lowest BCUT2D eigenvalue weighted by Gasteiger charge is -2.18. The number of carbonyl (C=O) groups excluding carboxylic acids is 2. The van der Waals surface area contributed by atoms with E-state index < -0.39 is 11.9 Å². The minimum absolute atomic E-state index is 0.113. The number of allylic oxidation sites excluding steroid dienone is 1. The number of hydrogen-bond donors (Lipinski definition) is 0. The Kier molecular flexibility index (Phi) is 6.76. The first-order valence-electron chi connectivity index (χ1n) is 7.78. The molecule has 0 saturated carbocycles. The molecule has 2 rings (SSSR count). The van der Waals surface area contributed by atoms with Gasteiger partial charge in [-0.25, -0.2) is 4.79 Å². The molecule has 0 aromatic heterocycles. The third kappa shape index (κ3) is 4.62. The molecule has 1 heterocycles. The van der Waals surface area contributed by atoms with E-state index in [1.54, 1.807) is 24.1 Å². The summed E-state index contributed by atoms with van der Waals surface area (Å²) in [4.78, 5) is 24.6.